The number of hydrogen-bond donors (Lipinski definition) is 0. The van der Waals surface area contributed by atoms with Crippen molar-refractivity contribution in [2.75, 3.05) is 33.9 Å². The van der Waals surface area contributed by atoms with E-state index < -0.39 is 11.7 Å². The standard InChI is InChI=1S/C27H41F3N2O2/c1-7-19(3)25(31-26(20(4)8-2)23-12-11-15-32(23)5)21-13-14-24(22(18-21)27(28,29)30)34-17-10-9-16-33-6/h13-14,18,20,23H,7-12,15-17H2,1-6H3. The molecule has 1 fully saturated rings. The van der Waals surface area contributed by atoms with Crippen molar-refractivity contribution in [1.82, 2.24) is 4.90 Å². The molecule has 1 aliphatic rings. The molecular formula is C27H41F3N2O2. The second kappa shape index (κ2) is 13.3. The summed E-state index contributed by atoms with van der Waals surface area (Å²) in [6, 6.07) is 4.59. The van der Waals surface area contributed by atoms with Crippen LogP contribution in [0.5, 0.6) is 5.75 Å². The first-order valence-electron chi connectivity index (χ1n) is 12.5. The number of halogens is 3. The molecule has 192 valence electrons. The van der Waals surface area contributed by atoms with Crippen molar-refractivity contribution >= 4 is 11.4 Å². The maximum Gasteiger partial charge on any atom is 0.419 e. The van der Waals surface area contributed by atoms with Crippen molar-refractivity contribution in [3.63, 3.8) is 0 Å². The first-order valence-corrected chi connectivity index (χ1v) is 12.5. The van der Waals surface area contributed by atoms with Crippen LogP contribution in [0, 0.1) is 5.92 Å². The van der Waals surface area contributed by atoms with Crippen LogP contribution in [0.15, 0.2) is 28.8 Å². The fourth-order valence-electron chi connectivity index (χ4n) is 4.26. The van der Waals surface area contributed by atoms with Crippen molar-refractivity contribution in [3.8, 4) is 5.75 Å². The summed E-state index contributed by atoms with van der Waals surface area (Å²) in [5.74, 6) is 0.117. The molecule has 1 saturated heterocycles. The number of benzene rings is 1. The van der Waals surface area contributed by atoms with E-state index in [0.717, 1.165) is 43.5 Å². The topological polar surface area (TPSA) is 34.1 Å². The first-order chi connectivity index (χ1) is 16.1. The van der Waals surface area contributed by atoms with Gasteiger partial charge in [-0.05, 0) is 88.7 Å². The van der Waals surface area contributed by atoms with Crippen molar-refractivity contribution in [2.24, 2.45) is 10.9 Å². The molecule has 0 radical (unpaired) electrons. The third kappa shape index (κ3) is 7.57. The number of aliphatic imine (C=N–C) groups is 1. The van der Waals surface area contributed by atoms with Crippen molar-refractivity contribution in [3.05, 3.63) is 34.9 Å². The van der Waals surface area contributed by atoms with Crippen molar-refractivity contribution in [2.45, 2.75) is 78.4 Å². The average Bonchev–Trinajstić information content (AvgIpc) is 3.23. The Morgan fingerprint density at radius 1 is 1.21 bits per heavy atom. The lowest BCUT2D eigenvalue weighted by molar-refractivity contribution is -0.139. The number of ether oxygens (including phenoxy) is 2. The van der Waals surface area contributed by atoms with Gasteiger partial charge in [-0.25, -0.2) is 0 Å². The number of likely N-dealkylation sites (tertiary alicyclic amines) is 1. The van der Waals surface area contributed by atoms with E-state index in [1.165, 1.54) is 12.1 Å². The molecule has 0 aromatic heterocycles. The highest BCUT2D eigenvalue weighted by Gasteiger charge is 2.35. The summed E-state index contributed by atoms with van der Waals surface area (Å²) in [5, 5.41) is 0. The van der Waals surface area contributed by atoms with Crippen LogP contribution >= 0.6 is 0 Å². The third-order valence-corrected chi connectivity index (χ3v) is 6.71. The first kappa shape index (κ1) is 28.4. The minimum atomic E-state index is -4.52. The van der Waals surface area contributed by atoms with Crippen molar-refractivity contribution < 1.29 is 22.6 Å². The number of hydrogen-bond acceptors (Lipinski definition) is 4. The van der Waals surface area contributed by atoms with Gasteiger partial charge in [0.25, 0.3) is 0 Å². The van der Waals surface area contributed by atoms with Crippen LogP contribution in [0.1, 0.15) is 77.3 Å². The minimum absolute atomic E-state index is 0.135. The van der Waals surface area contributed by atoms with Gasteiger partial charge < -0.3 is 9.47 Å². The van der Waals surface area contributed by atoms with Gasteiger partial charge in [0.05, 0.1) is 17.9 Å². The van der Waals surface area contributed by atoms with Crippen LogP contribution in [0.3, 0.4) is 0 Å². The maximum absolute atomic E-state index is 14.0. The molecule has 0 spiro atoms. The Balaban J connectivity index is 2.49. The van der Waals surface area contributed by atoms with E-state index in [0.29, 0.717) is 30.7 Å². The van der Waals surface area contributed by atoms with E-state index in [9.17, 15) is 13.2 Å². The Kier molecular flexibility index (Phi) is 11.1. The van der Waals surface area contributed by atoms with Crippen LogP contribution < -0.4 is 4.74 Å². The van der Waals surface area contributed by atoms with Gasteiger partial charge in [0.15, 0.2) is 0 Å². The minimum Gasteiger partial charge on any atom is -0.493 e. The fraction of sp³-hybridized carbons (Fsp3) is 0.667. The summed E-state index contributed by atoms with van der Waals surface area (Å²) >= 11 is 0. The lowest BCUT2D eigenvalue weighted by atomic mass is 9.94. The lowest BCUT2D eigenvalue weighted by Gasteiger charge is -2.26. The Bertz CT molecular complexity index is 849. The molecule has 0 aliphatic carbocycles. The SMILES string of the molecule is CCC(C)=C(N=C(C(C)CC)C1CCCN1C)c1ccc(OCCCCOC)c(C(F)(F)F)c1. The molecule has 0 saturated carbocycles. The van der Waals surface area contributed by atoms with Crippen molar-refractivity contribution in [1.29, 1.82) is 0 Å². The van der Waals surface area contributed by atoms with Gasteiger partial charge in [0.2, 0.25) is 0 Å². The molecule has 34 heavy (non-hydrogen) atoms. The summed E-state index contributed by atoms with van der Waals surface area (Å²) in [6.45, 7) is 10.0. The van der Waals surface area contributed by atoms with Gasteiger partial charge in [-0.3, -0.25) is 9.89 Å². The molecule has 0 amide bonds. The quantitative estimate of drug-likeness (QED) is 0.233. The van der Waals surface area contributed by atoms with E-state index in [1.54, 1.807) is 13.2 Å². The average molecular weight is 483 g/mol. The molecule has 2 atom stereocenters. The molecule has 1 aromatic rings. The monoisotopic (exact) mass is 482 g/mol. The molecule has 1 aromatic carbocycles. The van der Waals surface area contributed by atoms with Gasteiger partial charge in [0, 0.05) is 31.0 Å². The largest absolute Gasteiger partial charge is 0.493 e. The maximum atomic E-state index is 14.0. The molecule has 0 N–H and O–H groups in total. The summed E-state index contributed by atoms with van der Waals surface area (Å²) in [6.07, 6.45) is 0.639. The van der Waals surface area contributed by atoms with Gasteiger partial charge >= 0.3 is 6.18 Å². The van der Waals surface area contributed by atoms with Crippen LogP contribution in [0.4, 0.5) is 13.2 Å². The Morgan fingerprint density at radius 3 is 2.47 bits per heavy atom. The molecule has 4 nitrogen and oxygen atoms in total. The number of nitrogens with zero attached hydrogens (tertiary/aromatic N) is 2. The number of methoxy groups -OCH3 is 1. The van der Waals surface area contributed by atoms with Gasteiger partial charge in [0.1, 0.15) is 5.75 Å². The van der Waals surface area contributed by atoms with Crippen LogP contribution in [0.2, 0.25) is 0 Å². The zero-order valence-electron chi connectivity index (χ0n) is 21.6. The van der Waals surface area contributed by atoms with E-state index in [-0.39, 0.29) is 24.3 Å². The van der Waals surface area contributed by atoms with Crippen LogP contribution in [-0.2, 0) is 10.9 Å². The third-order valence-electron chi connectivity index (χ3n) is 6.71. The van der Waals surface area contributed by atoms with Gasteiger partial charge in [-0.15, -0.1) is 0 Å². The predicted octanol–water partition coefficient (Wildman–Crippen LogP) is 7.23. The second-order valence-corrected chi connectivity index (χ2v) is 9.22. The highest BCUT2D eigenvalue weighted by Crippen LogP contribution is 2.39. The normalized spacial score (nSPS) is 19.3. The van der Waals surface area contributed by atoms with E-state index in [2.05, 4.69) is 25.8 Å². The second-order valence-electron chi connectivity index (χ2n) is 9.22. The number of unbranched alkanes of at least 4 members (excludes halogenated alkanes) is 1. The van der Waals surface area contributed by atoms with Gasteiger partial charge in [-0.1, -0.05) is 20.8 Å². The summed E-state index contributed by atoms with van der Waals surface area (Å²) in [5.41, 5.74) is 2.42. The molecule has 0 bridgehead atoms. The lowest BCUT2D eigenvalue weighted by Crippen LogP contribution is -2.36. The van der Waals surface area contributed by atoms with Crippen LogP contribution in [0.25, 0.3) is 5.70 Å². The zero-order valence-corrected chi connectivity index (χ0v) is 21.6. The number of rotatable bonds is 12. The summed E-state index contributed by atoms with van der Waals surface area (Å²) < 4.78 is 52.5. The molecule has 2 unspecified atom stereocenters. The molecular weight excluding hydrogens is 441 g/mol. The van der Waals surface area contributed by atoms with E-state index in [4.69, 9.17) is 14.5 Å². The molecule has 1 heterocycles. The molecule has 2 rings (SSSR count). The Labute approximate surface area is 203 Å². The Hall–Kier alpha value is -1.86. The highest BCUT2D eigenvalue weighted by atomic mass is 19.4. The smallest absolute Gasteiger partial charge is 0.419 e. The Morgan fingerprint density at radius 2 is 1.91 bits per heavy atom. The number of alkyl halides is 3. The van der Waals surface area contributed by atoms with E-state index >= 15 is 0 Å². The highest BCUT2D eigenvalue weighted by molar-refractivity contribution is 5.96. The number of allylic oxidation sites excluding steroid dienone is 1. The predicted molar refractivity (Wildman–Crippen MR) is 133 cm³/mol. The fourth-order valence-corrected chi connectivity index (χ4v) is 4.26. The molecule has 1 aliphatic heterocycles. The zero-order chi connectivity index (χ0) is 25.3. The van der Waals surface area contributed by atoms with Gasteiger partial charge in [-0.2, -0.15) is 13.2 Å². The molecule has 7 heteroatoms. The summed E-state index contributed by atoms with van der Waals surface area (Å²) in [7, 11) is 3.71. The van der Waals surface area contributed by atoms with E-state index in [1.807, 2.05) is 13.8 Å². The van der Waals surface area contributed by atoms with Crippen LogP contribution in [-0.4, -0.2) is 50.6 Å². The summed E-state index contributed by atoms with van der Waals surface area (Å²) in [4.78, 5) is 7.41.